The van der Waals surface area contributed by atoms with E-state index in [9.17, 15) is 9.59 Å². The van der Waals surface area contributed by atoms with Crippen molar-refractivity contribution in [1.29, 1.82) is 0 Å². The van der Waals surface area contributed by atoms with Gasteiger partial charge in [-0.2, -0.15) is 0 Å². The normalized spacial score (nSPS) is 10.0. The molecular formula is C22H22O5. The van der Waals surface area contributed by atoms with Crippen LogP contribution in [0.25, 0.3) is 0 Å². The van der Waals surface area contributed by atoms with Crippen LogP contribution in [0.2, 0.25) is 0 Å². The first-order chi connectivity index (χ1) is 13.0. The Morgan fingerprint density at radius 3 is 1.56 bits per heavy atom. The topological polar surface area (TPSA) is 61.8 Å². The van der Waals surface area contributed by atoms with Gasteiger partial charge >= 0.3 is 11.9 Å². The molecule has 0 spiro atoms. The summed E-state index contributed by atoms with van der Waals surface area (Å²) in [5.74, 6) is 0.386. The van der Waals surface area contributed by atoms with E-state index in [1.807, 2.05) is 12.1 Å². The first-order valence-corrected chi connectivity index (χ1v) is 8.46. The van der Waals surface area contributed by atoms with Crippen molar-refractivity contribution in [3.63, 3.8) is 0 Å². The van der Waals surface area contributed by atoms with Gasteiger partial charge in [-0.25, -0.2) is 0 Å². The first-order valence-electron chi connectivity index (χ1n) is 8.46. The van der Waals surface area contributed by atoms with Crippen LogP contribution in [0.3, 0.4) is 0 Å². The predicted molar refractivity (Wildman–Crippen MR) is 103 cm³/mol. The van der Waals surface area contributed by atoms with E-state index in [1.54, 1.807) is 36.4 Å². The summed E-state index contributed by atoms with van der Waals surface area (Å²) >= 11 is 0. The Kier molecular flexibility index (Phi) is 6.94. The molecule has 2 rings (SSSR count). The lowest BCUT2D eigenvalue weighted by Crippen LogP contribution is -2.07. The summed E-state index contributed by atoms with van der Waals surface area (Å²) in [6.45, 7) is 10.1. The molecule has 0 unspecified atom stereocenters. The number of carbonyl (C=O) groups excluding carboxylic acids is 2. The number of allylic oxidation sites excluding steroid dienone is 2. The Bertz CT molecular complexity index is 796. The van der Waals surface area contributed by atoms with Gasteiger partial charge in [-0.1, -0.05) is 36.4 Å². The van der Waals surface area contributed by atoms with Gasteiger partial charge < -0.3 is 14.2 Å². The van der Waals surface area contributed by atoms with E-state index in [2.05, 4.69) is 13.2 Å². The van der Waals surface area contributed by atoms with Gasteiger partial charge in [0.1, 0.15) is 0 Å². The lowest BCUT2D eigenvalue weighted by Gasteiger charge is -2.17. The van der Waals surface area contributed by atoms with Crippen molar-refractivity contribution in [3.8, 4) is 23.0 Å². The van der Waals surface area contributed by atoms with Crippen LogP contribution in [0.5, 0.6) is 23.0 Å². The van der Waals surface area contributed by atoms with Crippen LogP contribution in [-0.2, 0) is 22.4 Å². The number of esters is 2. The molecule has 0 bridgehead atoms. The van der Waals surface area contributed by atoms with Gasteiger partial charge in [0.05, 0.1) is 0 Å². The largest absolute Gasteiger partial charge is 0.449 e. The van der Waals surface area contributed by atoms with E-state index < -0.39 is 11.9 Å². The van der Waals surface area contributed by atoms with E-state index in [-0.39, 0.29) is 0 Å². The number of rotatable bonds is 8. The second-order valence-electron chi connectivity index (χ2n) is 5.76. The second-order valence-corrected chi connectivity index (χ2v) is 5.76. The molecule has 0 saturated heterocycles. The van der Waals surface area contributed by atoms with E-state index in [4.69, 9.17) is 14.2 Å². The Morgan fingerprint density at radius 1 is 0.815 bits per heavy atom. The average molecular weight is 366 g/mol. The minimum atomic E-state index is -0.461. The molecule has 2 aromatic rings. The van der Waals surface area contributed by atoms with Gasteiger partial charge in [-0.3, -0.25) is 9.59 Å². The van der Waals surface area contributed by atoms with Crippen molar-refractivity contribution < 1.29 is 23.8 Å². The monoisotopic (exact) mass is 366 g/mol. The van der Waals surface area contributed by atoms with Crippen molar-refractivity contribution in [3.05, 3.63) is 72.8 Å². The average Bonchev–Trinajstić information content (AvgIpc) is 2.60. The number of benzene rings is 2. The Morgan fingerprint density at radius 2 is 1.22 bits per heavy atom. The zero-order chi connectivity index (χ0) is 19.8. The van der Waals surface area contributed by atoms with Gasteiger partial charge in [-0.15, -0.1) is 13.2 Å². The third-order valence-corrected chi connectivity index (χ3v) is 3.56. The summed E-state index contributed by atoms with van der Waals surface area (Å²) in [4.78, 5) is 23.1. The minimum absolute atomic E-state index is 0.313. The molecular weight excluding hydrogens is 344 g/mol. The van der Waals surface area contributed by atoms with Gasteiger partial charge in [-0.05, 0) is 25.0 Å². The van der Waals surface area contributed by atoms with Crippen molar-refractivity contribution in [2.75, 3.05) is 0 Å². The zero-order valence-electron chi connectivity index (χ0n) is 15.5. The minimum Gasteiger partial charge on any atom is -0.449 e. The van der Waals surface area contributed by atoms with Gasteiger partial charge in [0, 0.05) is 25.0 Å². The molecule has 0 amide bonds. The molecule has 140 valence electrons. The lowest BCUT2D eigenvalue weighted by molar-refractivity contribution is -0.132. The summed E-state index contributed by atoms with van der Waals surface area (Å²) < 4.78 is 16.7. The fourth-order valence-electron chi connectivity index (χ4n) is 2.55. The van der Waals surface area contributed by atoms with E-state index in [0.29, 0.717) is 35.8 Å². The quantitative estimate of drug-likeness (QED) is 0.382. The van der Waals surface area contributed by atoms with Crippen LogP contribution in [0.15, 0.2) is 61.7 Å². The third kappa shape index (κ3) is 5.31. The number of carbonyl (C=O) groups is 2. The fourth-order valence-corrected chi connectivity index (χ4v) is 2.55. The lowest BCUT2D eigenvalue weighted by atomic mass is 10.1. The maximum absolute atomic E-state index is 11.5. The second kappa shape index (κ2) is 9.38. The summed E-state index contributed by atoms with van der Waals surface area (Å²) in [5.41, 5.74) is 1.52. The molecule has 0 atom stereocenters. The molecule has 0 saturated carbocycles. The molecule has 0 fully saturated rings. The van der Waals surface area contributed by atoms with Crippen molar-refractivity contribution in [2.24, 2.45) is 0 Å². The van der Waals surface area contributed by atoms with E-state index in [0.717, 1.165) is 11.1 Å². The molecule has 0 aromatic heterocycles. The number of hydrogen-bond acceptors (Lipinski definition) is 5. The van der Waals surface area contributed by atoms with E-state index >= 15 is 0 Å². The smallest absolute Gasteiger partial charge is 0.308 e. The predicted octanol–water partition coefficient (Wildman–Crippen LogP) is 4.79. The Labute approximate surface area is 158 Å². The summed E-state index contributed by atoms with van der Waals surface area (Å²) in [7, 11) is 0. The van der Waals surface area contributed by atoms with Gasteiger partial charge in [0.2, 0.25) is 0 Å². The molecule has 0 N–H and O–H groups in total. The summed E-state index contributed by atoms with van der Waals surface area (Å²) in [6, 6.07) is 10.6. The third-order valence-electron chi connectivity index (χ3n) is 3.56. The van der Waals surface area contributed by atoms with Crippen LogP contribution in [0, 0.1) is 0 Å². The van der Waals surface area contributed by atoms with Crippen molar-refractivity contribution in [1.82, 2.24) is 0 Å². The number of para-hydroxylation sites is 2. The standard InChI is InChI=1S/C22H22O5/c1-5-9-17-11-7-13-19(21(17)25-15(3)23)27-20-14-8-12-18(10-6-2)22(20)26-16(4)24/h5-8,11-14H,1-2,9-10H2,3-4H3. The summed E-state index contributed by atoms with van der Waals surface area (Å²) in [6.07, 6.45) is 4.43. The highest BCUT2D eigenvalue weighted by atomic mass is 16.6. The van der Waals surface area contributed by atoms with Crippen LogP contribution in [0.4, 0.5) is 0 Å². The number of ether oxygens (including phenoxy) is 3. The van der Waals surface area contributed by atoms with Crippen LogP contribution in [0.1, 0.15) is 25.0 Å². The molecule has 0 aliphatic rings. The fraction of sp³-hybridized carbons (Fsp3) is 0.182. The molecule has 0 heterocycles. The maximum Gasteiger partial charge on any atom is 0.308 e. The molecule has 0 radical (unpaired) electrons. The summed E-state index contributed by atoms with van der Waals surface area (Å²) in [5, 5.41) is 0. The molecule has 0 aliphatic carbocycles. The van der Waals surface area contributed by atoms with Crippen molar-refractivity contribution in [2.45, 2.75) is 26.7 Å². The Balaban J connectivity index is 2.52. The SMILES string of the molecule is C=CCc1cccc(Oc2cccc(CC=C)c2OC(C)=O)c1OC(C)=O. The van der Waals surface area contributed by atoms with Crippen molar-refractivity contribution >= 4 is 11.9 Å². The molecule has 27 heavy (non-hydrogen) atoms. The van der Waals surface area contributed by atoms with Crippen LogP contribution >= 0.6 is 0 Å². The maximum atomic E-state index is 11.5. The molecule has 0 aliphatic heterocycles. The highest BCUT2D eigenvalue weighted by Gasteiger charge is 2.18. The molecule has 5 heteroatoms. The molecule has 5 nitrogen and oxygen atoms in total. The number of hydrogen-bond donors (Lipinski definition) is 0. The zero-order valence-corrected chi connectivity index (χ0v) is 15.5. The molecule has 2 aromatic carbocycles. The Hall–Kier alpha value is -3.34. The highest BCUT2D eigenvalue weighted by Crippen LogP contribution is 2.40. The van der Waals surface area contributed by atoms with Gasteiger partial charge in [0.25, 0.3) is 0 Å². The van der Waals surface area contributed by atoms with Crippen LogP contribution < -0.4 is 14.2 Å². The van der Waals surface area contributed by atoms with Gasteiger partial charge in [0.15, 0.2) is 23.0 Å². The first kappa shape index (κ1) is 20.0. The van der Waals surface area contributed by atoms with Crippen LogP contribution in [-0.4, -0.2) is 11.9 Å². The highest BCUT2D eigenvalue weighted by molar-refractivity contribution is 5.73. The van der Waals surface area contributed by atoms with E-state index in [1.165, 1.54) is 13.8 Å².